The fourth-order valence-corrected chi connectivity index (χ4v) is 8.20. The maximum Gasteiger partial charge on any atom is 0.416 e. The summed E-state index contributed by atoms with van der Waals surface area (Å²) < 4.78 is 67.6. The Kier molecular flexibility index (Phi) is 3.69. The SMILES string of the molecule is C[C@]12CC3CC(NS(=O)(=O)c4cccc(C(F)(F)F)c4)(C1)C[C@@](C)(C3)C2. The van der Waals surface area contributed by atoms with Crippen LogP contribution < -0.4 is 4.72 Å². The van der Waals surface area contributed by atoms with Gasteiger partial charge in [-0.1, -0.05) is 19.9 Å². The molecule has 26 heavy (non-hydrogen) atoms. The highest BCUT2D eigenvalue weighted by Crippen LogP contribution is 2.66. The van der Waals surface area contributed by atoms with Gasteiger partial charge >= 0.3 is 6.18 Å². The second-order valence-electron chi connectivity index (χ2n) is 9.54. The minimum atomic E-state index is -4.56. The molecule has 0 radical (unpaired) electrons. The molecule has 0 aliphatic heterocycles. The van der Waals surface area contributed by atoms with Crippen molar-refractivity contribution in [1.29, 1.82) is 0 Å². The van der Waals surface area contributed by atoms with E-state index in [1.165, 1.54) is 6.07 Å². The summed E-state index contributed by atoms with van der Waals surface area (Å²) in [5.41, 5.74) is -1.24. The van der Waals surface area contributed by atoms with E-state index < -0.39 is 27.3 Å². The molecule has 5 rings (SSSR count). The molecule has 1 aromatic rings. The van der Waals surface area contributed by atoms with Crippen LogP contribution >= 0.6 is 0 Å². The standard InChI is InChI=1S/C19H24F3NO2S/c1-16-7-13-8-17(2,10-16)12-18(9-13,11-16)23-26(24,25)15-5-3-4-14(6-15)19(20,21)22/h3-6,13,23H,7-12H2,1-2H3/t13?,16-,17+,18?. The van der Waals surface area contributed by atoms with Gasteiger partial charge in [-0.05, 0) is 73.5 Å². The quantitative estimate of drug-likeness (QED) is 0.815. The Labute approximate surface area is 152 Å². The average Bonchev–Trinajstić information content (AvgIpc) is 2.41. The molecule has 0 aromatic heterocycles. The van der Waals surface area contributed by atoms with Crippen LogP contribution in [0.1, 0.15) is 57.9 Å². The van der Waals surface area contributed by atoms with Crippen molar-refractivity contribution < 1.29 is 21.6 Å². The van der Waals surface area contributed by atoms with Crippen molar-refractivity contribution >= 4 is 10.0 Å². The third kappa shape index (κ3) is 3.07. The van der Waals surface area contributed by atoms with Gasteiger partial charge in [0.1, 0.15) is 0 Å². The number of benzene rings is 1. The van der Waals surface area contributed by atoms with Crippen LogP contribution in [0.2, 0.25) is 0 Å². The zero-order valence-electron chi connectivity index (χ0n) is 15.0. The molecule has 1 aromatic carbocycles. The number of nitrogens with one attached hydrogen (secondary N) is 1. The predicted octanol–water partition coefficient (Wildman–Crippen LogP) is 4.73. The van der Waals surface area contributed by atoms with E-state index in [2.05, 4.69) is 18.6 Å². The molecule has 4 fully saturated rings. The molecular weight excluding hydrogens is 363 g/mol. The summed E-state index contributed by atoms with van der Waals surface area (Å²) in [6.45, 7) is 4.45. The van der Waals surface area contributed by atoms with Gasteiger partial charge in [-0.25, -0.2) is 13.1 Å². The van der Waals surface area contributed by atoms with Crippen molar-refractivity contribution in [3.05, 3.63) is 29.8 Å². The van der Waals surface area contributed by atoms with Crippen molar-refractivity contribution in [2.24, 2.45) is 16.7 Å². The third-order valence-corrected chi connectivity index (χ3v) is 8.03. The maximum atomic E-state index is 13.0. The molecule has 4 bridgehead atoms. The largest absolute Gasteiger partial charge is 0.416 e. The maximum absolute atomic E-state index is 13.0. The number of halogens is 3. The zero-order chi connectivity index (χ0) is 19.0. The molecule has 0 heterocycles. The molecule has 4 aliphatic carbocycles. The van der Waals surface area contributed by atoms with Crippen molar-refractivity contribution in [1.82, 2.24) is 4.72 Å². The van der Waals surface area contributed by atoms with E-state index in [4.69, 9.17) is 0 Å². The van der Waals surface area contributed by atoms with Gasteiger partial charge in [-0.3, -0.25) is 0 Å². The molecule has 0 amide bonds. The molecular formula is C19H24F3NO2S. The molecule has 4 aliphatic rings. The smallest absolute Gasteiger partial charge is 0.207 e. The highest BCUT2D eigenvalue weighted by Gasteiger charge is 2.61. The Balaban J connectivity index is 1.67. The number of hydrogen-bond donors (Lipinski definition) is 1. The van der Waals surface area contributed by atoms with E-state index in [-0.39, 0.29) is 15.7 Å². The normalized spacial score (nSPS) is 39.3. The monoisotopic (exact) mass is 387 g/mol. The van der Waals surface area contributed by atoms with Gasteiger partial charge in [-0.2, -0.15) is 13.2 Å². The number of alkyl halides is 3. The van der Waals surface area contributed by atoms with E-state index in [9.17, 15) is 21.6 Å². The molecule has 144 valence electrons. The number of rotatable bonds is 3. The lowest BCUT2D eigenvalue weighted by atomic mass is 9.43. The Hall–Kier alpha value is -1.08. The van der Waals surface area contributed by atoms with Crippen LogP contribution in [0.15, 0.2) is 29.2 Å². The van der Waals surface area contributed by atoms with Gasteiger partial charge in [-0.15, -0.1) is 0 Å². The van der Waals surface area contributed by atoms with Crippen molar-refractivity contribution in [3.8, 4) is 0 Å². The summed E-state index contributed by atoms with van der Waals surface area (Å²) >= 11 is 0. The Bertz CT molecular complexity index is 831. The van der Waals surface area contributed by atoms with Gasteiger partial charge in [0.25, 0.3) is 0 Å². The van der Waals surface area contributed by atoms with E-state index in [0.29, 0.717) is 5.92 Å². The fourth-order valence-electron chi connectivity index (χ4n) is 6.75. The predicted molar refractivity (Wildman–Crippen MR) is 91.9 cm³/mol. The van der Waals surface area contributed by atoms with Crippen LogP contribution in [0, 0.1) is 16.7 Å². The molecule has 3 nitrogen and oxygen atoms in total. The Morgan fingerprint density at radius 2 is 1.65 bits per heavy atom. The first-order valence-corrected chi connectivity index (χ1v) is 10.5. The first-order chi connectivity index (χ1) is 11.8. The van der Waals surface area contributed by atoms with Gasteiger partial charge in [0.05, 0.1) is 10.5 Å². The molecule has 0 saturated heterocycles. The first-order valence-electron chi connectivity index (χ1n) is 9.04. The lowest BCUT2D eigenvalue weighted by molar-refractivity contribution is -0.137. The number of hydrogen-bond acceptors (Lipinski definition) is 2. The molecule has 7 heteroatoms. The van der Waals surface area contributed by atoms with E-state index in [1.807, 2.05) is 0 Å². The van der Waals surface area contributed by atoms with Gasteiger partial charge in [0.15, 0.2) is 0 Å². The molecule has 4 atom stereocenters. The van der Waals surface area contributed by atoms with Crippen LogP contribution in [0.4, 0.5) is 13.2 Å². The molecule has 0 spiro atoms. The Morgan fingerprint density at radius 3 is 2.19 bits per heavy atom. The van der Waals surface area contributed by atoms with E-state index in [1.54, 1.807) is 0 Å². The minimum absolute atomic E-state index is 0.116. The van der Waals surface area contributed by atoms with Crippen LogP contribution in [-0.2, 0) is 16.2 Å². The second-order valence-corrected chi connectivity index (χ2v) is 11.2. The van der Waals surface area contributed by atoms with E-state index in [0.717, 1.165) is 56.7 Å². The molecule has 1 N–H and O–H groups in total. The summed E-state index contributed by atoms with van der Waals surface area (Å²) in [5.74, 6) is 0.491. The summed E-state index contributed by atoms with van der Waals surface area (Å²) in [5, 5.41) is 0. The number of sulfonamides is 1. The van der Waals surface area contributed by atoms with Gasteiger partial charge < -0.3 is 0 Å². The van der Waals surface area contributed by atoms with Crippen molar-refractivity contribution in [2.75, 3.05) is 0 Å². The molecule has 4 saturated carbocycles. The van der Waals surface area contributed by atoms with Crippen LogP contribution in [0.5, 0.6) is 0 Å². The zero-order valence-corrected chi connectivity index (χ0v) is 15.8. The third-order valence-electron chi connectivity index (χ3n) is 6.45. The van der Waals surface area contributed by atoms with E-state index >= 15 is 0 Å². The van der Waals surface area contributed by atoms with Crippen molar-refractivity contribution in [3.63, 3.8) is 0 Å². The van der Waals surface area contributed by atoms with Gasteiger partial charge in [0, 0.05) is 5.54 Å². The van der Waals surface area contributed by atoms with Crippen LogP contribution in [-0.4, -0.2) is 14.0 Å². The second kappa shape index (κ2) is 5.25. The fraction of sp³-hybridized carbons (Fsp3) is 0.684. The van der Waals surface area contributed by atoms with Gasteiger partial charge in [0.2, 0.25) is 10.0 Å². The first kappa shape index (κ1) is 18.3. The minimum Gasteiger partial charge on any atom is -0.207 e. The summed E-state index contributed by atoms with van der Waals surface area (Å²) in [6.07, 6.45) is 1.10. The summed E-state index contributed by atoms with van der Waals surface area (Å²) in [7, 11) is -4.01. The highest BCUT2D eigenvalue weighted by atomic mass is 32.2. The van der Waals surface area contributed by atoms with Crippen LogP contribution in [0.3, 0.4) is 0 Å². The molecule has 2 unspecified atom stereocenters. The Morgan fingerprint density at radius 1 is 1.04 bits per heavy atom. The topological polar surface area (TPSA) is 46.2 Å². The highest BCUT2D eigenvalue weighted by molar-refractivity contribution is 7.89. The lowest BCUT2D eigenvalue weighted by Crippen LogP contribution is -2.65. The lowest BCUT2D eigenvalue weighted by Gasteiger charge is -2.65. The summed E-state index contributed by atoms with van der Waals surface area (Å²) in [6, 6.07) is 4.01. The summed E-state index contributed by atoms with van der Waals surface area (Å²) in [4.78, 5) is -0.307. The average molecular weight is 387 g/mol. The van der Waals surface area contributed by atoms with Crippen molar-refractivity contribution in [2.45, 2.75) is 69.0 Å². The van der Waals surface area contributed by atoms with Crippen LogP contribution in [0.25, 0.3) is 0 Å².